The molecule has 2 aliphatic rings. The van der Waals surface area contributed by atoms with Gasteiger partial charge in [-0.25, -0.2) is 0 Å². The predicted octanol–water partition coefficient (Wildman–Crippen LogP) is 9.10. The lowest BCUT2D eigenvalue weighted by Gasteiger charge is -2.30. The Morgan fingerprint density at radius 2 is 1.07 bits per heavy atom. The van der Waals surface area contributed by atoms with E-state index >= 15 is 0 Å². The molecule has 0 spiro atoms. The minimum absolute atomic E-state index is 0.0278. The topological polar surface area (TPSA) is 236 Å². The number of H-pyrrole nitrogens is 2. The molecule has 0 bridgehead atoms. The number of carbonyl (C=O) groups excluding carboxylic acids is 2. The second kappa shape index (κ2) is 20.4. The number of aromatic amines is 2. The van der Waals surface area contributed by atoms with Crippen molar-refractivity contribution in [3.8, 4) is 22.3 Å². The van der Waals surface area contributed by atoms with Crippen LogP contribution in [-0.2, 0) is 9.59 Å². The summed E-state index contributed by atoms with van der Waals surface area (Å²) >= 11 is 0.932. The van der Waals surface area contributed by atoms with Crippen molar-refractivity contribution in [2.45, 2.75) is 86.8 Å². The highest BCUT2D eigenvalue weighted by molar-refractivity contribution is 7.99. The summed E-state index contributed by atoms with van der Waals surface area (Å²) in [4.78, 5) is 57.4. The van der Waals surface area contributed by atoms with Gasteiger partial charge in [-0.15, -0.1) is 20.4 Å². The molecule has 0 aliphatic carbocycles. The molecular formula is C48H50N12O6S. The Kier molecular flexibility index (Phi) is 14.0. The van der Waals surface area contributed by atoms with Gasteiger partial charge in [0.1, 0.15) is 0 Å². The molecule has 2 aromatic heterocycles. The fourth-order valence-corrected chi connectivity index (χ4v) is 10.2. The third-order valence-electron chi connectivity index (χ3n) is 12.4. The van der Waals surface area contributed by atoms with E-state index in [1.54, 1.807) is 46.2 Å². The van der Waals surface area contributed by atoms with Crippen LogP contribution in [0.2, 0.25) is 0 Å². The van der Waals surface area contributed by atoms with Crippen molar-refractivity contribution in [1.82, 2.24) is 51.0 Å². The third-order valence-corrected chi connectivity index (χ3v) is 13.5. The summed E-state index contributed by atoms with van der Waals surface area (Å²) in [6.07, 6.45) is 9.19. The van der Waals surface area contributed by atoms with Crippen LogP contribution in [0.1, 0.15) is 111 Å². The Labute approximate surface area is 390 Å². The third kappa shape index (κ3) is 10.1. The maximum atomic E-state index is 13.7. The molecule has 2 N–H and O–H groups in total. The van der Waals surface area contributed by atoms with Gasteiger partial charge in [0.05, 0.1) is 30.8 Å². The van der Waals surface area contributed by atoms with E-state index in [1.807, 2.05) is 76.2 Å². The normalized spacial score (nSPS) is 16.7. The number of piperidine rings is 2. The van der Waals surface area contributed by atoms with Crippen molar-refractivity contribution in [2.24, 2.45) is 0 Å². The molecule has 67 heavy (non-hydrogen) atoms. The molecule has 8 rings (SSSR count). The highest BCUT2D eigenvalue weighted by Crippen LogP contribution is 2.50. The number of nitrogens with one attached hydrogen (secondary N) is 2. The number of tetrazole rings is 2. The zero-order valence-corrected chi connectivity index (χ0v) is 38.4. The maximum absolute atomic E-state index is 13.7. The monoisotopic (exact) mass is 922 g/mol. The summed E-state index contributed by atoms with van der Waals surface area (Å²) in [5.41, 5.74) is 3.87. The molecule has 19 heteroatoms. The quantitative estimate of drug-likeness (QED) is 0.0590. The number of benzene rings is 4. The minimum Gasteiger partial charge on any atom is -0.338 e. The second-order valence-corrected chi connectivity index (χ2v) is 18.4. The van der Waals surface area contributed by atoms with E-state index in [0.29, 0.717) is 60.1 Å². The van der Waals surface area contributed by atoms with Gasteiger partial charge in [-0.3, -0.25) is 29.8 Å². The standard InChI is InChI=1S/C48H50N12O6S/c1-29(2)35-13-5-7-15-37(35)43-31(19-23-41(61)57-25-9-11-33(27-57)47-49-53-54-50-47)17-21-39(45(43)59(63)64)67-40-22-18-32(44(46(40)60(65)66)38-16-8-6-14-36(38)30(3)4)20-24-42(62)58-26-10-12-34(28-58)48-51-55-56-52-48/h5-8,13-24,29-30,33-34H,9-12,25-28H2,1-4H3,(H,49,50,53,54)(H,51,52,55,56). The van der Waals surface area contributed by atoms with E-state index in [1.165, 1.54) is 12.2 Å². The summed E-state index contributed by atoms with van der Waals surface area (Å²) in [6.45, 7) is 9.87. The van der Waals surface area contributed by atoms with Gasteiger partial charge >= 0.3 is 0 Å². The zero-order chi connectivity index (χ0) is 47.2. The van der Waals surface area contributed by atoms with Crippen LogP contribution < -0.4 is 0 Å². The summed E-state index contributed by atoms with van der Waals surface area (Å²) in [5.74, 6) is 0.344. The molecule has 0 saturated carbocycles. The van der Waals surface area contributed by atoms with Crippen LogP contribution in [-0.4, -0.2) is 98.9 Å². The number of hydrogen-bond donors (Lipinski definition) is 2. The molecule has 0 radical (unpaired) electrons. The zero-order valence-electron chi connectivity index (χ0n) is 37.5. The lowest BCUT2D eigenvalue weighted by molar-refractivity contribution is -0.387. The minimum atomic E-state index is -0.457. The van der Waals surface area contributed by atoms with Crippen molar-refractivity contribution < 1.29 is 19.4 Å². The summed E-state index contributed by atoms with van der Waals surface area (Å²) in [5, 5.41) is 55.8. The van der Waals surface area contributed by atoms with Gasteiger partial charge in [0.25, 0.3) is 11.4 Å². The number of nitro groups is 2. The highest BCUT2D eigenvalue weighted by atomic mass is 32.2. The fraction of sp³-hybridized carbons (Fsp3) is 0.333. The average molecular weight is 923 g/mol. The Bertz CT molecular complexity index is 2650. The molecule has 2 amide bonds. The van der Waals surface area contributed by atoms with E-state index in [-0.39, 0.29) is 67.8 Å². The Balaban J connectivity index is 1.21. The molecule has 4 aromatic carbocycles. The van der Waals surface area contributed by atoms with Crippen LogP contribution in [0, 0.1) is 20.2 Å². The summed E-state index contributed by atoms with van der Waals surface area (Å²) < 4.78 is 0. The van der Waals surface area contributed by atoms with Gasteiger partial charge in [-0.05, 0) is 95.2 Å². The molecule has 2 saturated heterocycles. The van der Waals surface area contributed by atoms with Crippen LogP contribution in [0.4, 0.5) is 11.4 Å². The van der Waals surface area contributed by atoms with Gasteiger partial charge in [0.2, 0.25) is 11.8 Å². The first-order chi connectivity index (χ1) is 32.4. The number of likely N-dealkylation sites (tertiary alicyclic amines) is 2. The lowest BCUT2D eigenvalue weighted by atomic mass is 9.89. The molecule has 2 unspecified atom stereocenters. The highest BCUT2D eigenvalue weighted by Gasteiger charge is 2.33. The number of aromatic nitrogens is 8. The van der Waals surface area contributed by atoms with Crippen LogP contribution >= 0.6 is 11.8 Å². The van der Waals surface area contributed by atoms with Crippen LogP contribution in [0.15, 0.2) is 94.7 Å². The van der Waals surface area contributed by atoms with Crippen molar-refractivity contribution in [1.29, 1.82) is 0 Å². The number of hydrogen-bond acceptors (Lipinski definition) is 13. The number of amides is 2. The van der Waals surface area contributed by atoms with Crippen molar-refractivity contribution in [2.75, 3.05) is 26.2 Å². The number of nitro benzene ring substituents is 2. The first kappa shape index (κ1) is 46.1. The molecule has 4 heterocycles. The van der Waals surface area contributed by atoms with Gasteiger partial charge in [-0.2, -0.15) is 10.4 Å². The van der Waals surface area contributed by atoms with E-state index in [4.69, 9.17) is 0 Å². The van der Waals surface area contributed by atoms with E-state index < -0.39 is 9.85 Å². The molecule has 18 nitrogen and oxygen atoms in total. The smallest absolute Gasteiger partial charge is 0.291 e. The van der Waals surface area contributed by atoms with Gasteiger partial charge in [-0.1, -0.05) is 111 Å². The Morgan fingerprint density at radius 1 is 0.657 bits per heavy atom. The molecule has 2 fully saturated rings. The molecule has 344 valence electrons. The van der Waals surface area contributed by atoms with Crippen molar-refractivity contribution >= 4 is 47.1 Å². The Hall–Kier alpha value is -7.41. The molecule has 2 aliphatic heterocycles. The van der Waals surface area contributed by atoms with Gasteiger partial charge < -0.3 is 9.80 Å². The average Bonchev–Trinajstić information content (AvgIpc) is 4.09. The van der Waals surface area contributed by atoms with Crippen molar-refractivity contribution in [3.05, 3.63) is 139 Å². The molecule has 6 aromatic rings. The molecular weight excluding hydrogens is 873 g/mol. The number of nitrogens with zero attached hydrogens (tertiary/aromatic N) is 10. The lowest BCUT2D eigenvalue weighted by Crippen LogP contribution is -2.38. The second-order valence-electron chi connectivity index (χ2n) is 17.3. The summed E-state index contributed by atoms with van der Waals surface area (Å²) in [7, 11) is 0. The van der Waals surface area contributed by atoms with Crippen LogP contribution in [0.5, 0.6) is 0 Å². The van der Waals surface area contributed by atoms with Crippen molar-refractivity contribution in [3.63, 3.8) is 0 Å². The predicted molar refractivity (Wildman–Crippen MR) is 253 cm³/mol. The summed E-state index contributed by atoms with van der Waals surface area (Å²) in [6, 6.07) is 21.5. The van der Waals surface area contributed by atoms with Crippen LogP contribution in [0.25, 0.3) is 34.4 Å². The van der Waals surface area contributed by atoms with E-state index in [2.05, 4.69) is 41.2 Å². The van der Waals surface area contributed by atoms with Gasteiger partial charge in [0, 0.05) is 50.2 Å². The van der Waals surface area contributed by atoms with Gasteiger partial charge in [0.15, 0.2) is 11.6 Å². The Morgan fingerprint density at radius 3 is 1.45 bits per heavy atom. The SMILES string of the molecule is CC(C)c1ccccc1-c1c(C=CC(=O)N2CCCC(c3nn[nH]n3)C2)ccc(Sc2ccc(C=CC(=O)N3CCCC(c4nn[nH]n4)C3)c(-c3ccccc3C(C)C)c2[N+](=O)[O-])c1[N+](=O)[O-]. The first-order valence-electron chi connectivity index (χ1n) is 22.3. The van der Waals surface area contributed by atoms with E-state index in [0.717, 1.165) is 48.6 Å². The number of carbonyl (C=O) groups is 2. The maximum Gasteiger partial charge on any atom is 0.291 e. The molecule has 2 atom stereocenters. The number of rotatable bonds is 14. The first-order valence-corrected chi connectivity index (χ1v) is 23.1. The largest absolute Gasteiger partial charge is 0.338 e. The fourth-order valence-electron chi connectivity index (χ4n) is 9.12. The van der Waals surface area contributed by atoms with Crippen LogP contribution in [0.3, 0.4) is 0 Å². The van der Waals surface area contributed by atoms with E-state index in [9.17, 15) is 29.8 Å².